The summed E-state index contributed by atoms with van der Waals surface area (Å²) in [6.45, 7) is 5.99. The predicted octanol–water partition coefficient (Wildman–Crippen LogP) is 5.51. The average Bonchev–Trinajstić information content (AvgIpc) is 3.30. The molecule has 1 aromatic heterocycles. The SMILES string of the molecule is CC(=NNC(=O)c1cc(-c2ccc(C)c(C)c2)n[nH]1)c1ccc(-c2ccccc2)cc1. The Bertz CT molecular complexity index is 1240. The van der Waals surface area contributed by atoms with Crippen molar-refractivity contribution < 1.29 is 4.79 Å². The Morgan fingerprint density at radius 1 is 0.839 bits per heavy atom. The second-order valence-electron chi connectivity index (χ2n) is 7.55. The zero-order valence-electron chi connectivity index (χ0n) is 17.8. The number of amides is 1. The highest BCUT2D eigenvalue weighted by Gasteiger charge is 2.11. The molecule has 0 atom stereocenters. The smallest absolute Gasteiger partial charge is 0.272 e. The van der Waals surface area contributed by atoms with E-state index in [9.17, 15) is 4.79 Å². The molecule has 5 nitrogen and oxygen atoms in total. The minimum atomic E-state index is -0.331. The lowest BCUT2D eigenvalue weighted by atomic mass is 10.0. The summed E-state index contributed by atoms with van der Waals surface area (Å²) in [5.74, 6) is -0.331. The van der Waals surface area contributed by atoms with Crippen LogP contribution in [0.3, 0.4) is 0 Å². The first-order chi connectivity index (χ1) is 15.0. The Balaban J connectivity index is 1.44. The molecule has 0 aliphatic heterocycles. The van der Waals surface area contributed by atoms with Crippen molar-refractivity contribution in [2.24, 2.45) is 5.10 Å². The van der Waals surface area contributed by atoms with E-state index in [2.05, 4.69) is 71.0 Å². The second-order valence-corrected chi connectivity index (χ2v) is 7.55. The van der Waals surface area contributed by atoms with E-state index >= 15 is 0 Å². The molecule has 1 amide bonds. The van der Waals surface area contributed by atoms with E-state index in [1.807, 2.05) is 43.3 Å². The lowest BCUT2D eigenvalue weighted by Crippen LogP contribution is -2.19. The van der Waals surface area contributed by atoms with Crippen LogP contribution in [-0.4, -0.2) is 21.8 Å². The molecular weight excluding hydrogens is 384 g/mol. The molecule has 4 rings (SSSR count). The van der Waals surface area contributed by atoms with E-state index in [1.165, 1.54) is 11.1 Å². The summed E-state index contributed by atoms with van der Waals surface area (Å²) in [5.41, 5.74) is 11.0. The zero-order valence-corrected chi connectivity index (χ0v) is 17.8. The number of aromatic nitrogens is 2. The van der Waals surface area contributed by atoms with Crippen molar-refractivity contribution in [3.05, 3.63) is 101 Å². The summed E-state index contributed by atoms with van der Waals surface area (Å²) in [5, 5.41) is 11.3. The third-order valence-electron chi connectivity index (χ3n) is 5.36. The number of nitrogens with zero attached hydrogens (tertiary/aromatic N) is 2. The molecule has 31 heavy (non-hydrogen) atoms. The van der Waals surface area contributed by atoms with Crippen LogP contribution >= 0.6 is 0 Å². The fourth-order valence-corrected chi connectivity index (χ4v) is 3.28. The standard InChI is InChI=1S/C26H24N4O/c1-17-9-10-23(15-18(17)2)24-16-25(29-28-24)26(31)30-27-19(3)20-11-13-22(14-12-20)21-7-5-4-6-8-21/h4-16H,1-3H3,(H,28,29)(H,30,31). The predicted molar refractivity (Wildman–Crippen MR) is 125 cm³/mol. The molecule has 154 valence electrons. The molecule has 5 heteroatoms. The first-order valence-corrected chi connectivity index (χ1v) is 10.1. The molecule has 0 fully saturated rings. The van der Waals surface area contributed by atoms with Gasteiger partial charge in [-0.05, 0) is 60.7 Å². The maximum atomic E-state index is 12.5. The fraction of sp³-hybridized carbons (Fsp3) is 0.115. The molecule has 0 radical (unpaired) electrons. The first kappa shape index (κ1) is 20.3. The van der Waals surface area contributed by atoms with Gasteiger partial charge in [-0.15, -0.1) is 0 Å². The van der Waals surface area contributed by atoms with Gasteiger partial charge in [0.15, 0.2) is 0 Å². The zero-order chi connectivity index (χ0) is 21.8. The van der Waals surface area contributed by atoms with Gasteiger partial charge in [0.2, 0.25) is 0 Å². The minimum Gasteiger partial charge on any atom is -0.272 e. The van der Waals surface area contributed by atoms with Gasteiger partial charge in [0.1, 0.15) is 5.69 Å². The van der Waals surface area contributed by atoms with Crippen LogP contribution < -0.4 is 5.43 Å². The number of aryl methyl sites for hydroxylation is 2. The monoisotopic (exact) mass is 408 g/mol. The van der Waals surface area contributed by atoms with Gasteiger partial charge in [-0.2, -0.15) is 10.2 Å². The van der Waals surface area contributed by atoms with Gasteiger partial charge < -0.3 is 0 Å². The number of benzene rings is 3. The fourth-order valence-electron chi connectivity index (χ4n) is 3.28. The molecule has 0 aliphatic rings. The van der Waals surface area contributed by atoms with E-state index in [-0.39, 0.29) is 5.91 Å². The lowest BCUT2D eigenvalue weighted by Gasteiger charge is -2.05. The Hall–Kier alpha value is -3.99. The topological polar surface area (TPSA) is 70.1 Å². The quantitative estimate of drug-likeness (QED) is 0.337. The Morgan fingerprint density at radius 3 is 2.23 bits per heavy atom. The van der Waals surface area contributed by atoms with Crippen LogP contribution in [0, 0.1) is 13.8 Å². The summed E-state index contributed by atoms with van der Waals surface area (Å²) in [7, 11) is 0. The second kappa shape index (κ2) is 8.79. The summed E-state index contributed by atoms with van der Waals surface area (Å²) in [6, 6.07) is 26.2. The van der Waals surface area contributed by atoms with E-state index in [0.29, 0.717) is 5.69 Å². The Morgan fingerprint density at radius 2 is 1.52 bits per heavy atom. The molecule has 0 unspecified atom stereocenters. The van der Waals surface area contributed by atoms with Crippen molar-refractivity contribution in [3.8, 4) is 22.4 Å². The number of hydrazone groups is 1. The molecule has 0 aliphatic carbocycles. The molecule has 2 N–H and O–H groups in total. The third-order valence-corrected chi connectivity index (χ3v) is 5.36. The number of carbonyl (C=O) groups excluding carboxylic acids is 1. The van der Waals surface area contributed by atoms with Crippen LogP contribution in [0.5, 0.6) is 0 Å². The normalized spacial score (nSPS) is 11.4. The van der Waals surface area contributed by atoms with Gasteiger partial charge in [-0.25, -0.2) is 5.43 Å². The van der Waals surface area contributed by atoms with Crippen LogP contribution in [0.1, 0.15) is 34.1 Å². The van der Waals surface area contributed by atoms with Gasteiger partial charge in [0, 0.05) is 5.56 Å². The maximum Gasteiger partial charge on any atom is 0.289 e. The van der Waals surface area contributed by atoms with Crippen molar-refractivity contribution in [1.82, 2.24) is 15.6 Å². The Kier molecular flexibility index (Phi) is 5.76. The van der Waals surface area contributed by atoms with Crippen molar-refractivity contribution >= 4 is 11.6 Å². The number of aromatic amines is 1. The van der Waals surface area contributed by atoms with E-state index in [1.54, 1.807) is 6.07 Å². The number of nitrogens with one attached hydrogen (secondary N) is 2. The highest BCUT2D eigenvalue weighted by Crippen LogP contribution is 2.21. The van der Waals surface area contributed by atoms with E-state index < -0.39 is 0 Å². The van der Waals surface area contributed by atoms with E-state index in [0.717, 1.165) is 33.7 Å². The summed E-state index contributed by atoms with van der Waals surface area (Å²) in [6.07, 6.45) is 0. The van der Waals surface area contributed by atoms with Gasteiger partial charge in [-0.3, -0.25) is 9.89 Å². The molecule has 0 spiro atoms. The maximum absolute atomic E-state index is 12.5. The number of carbonyl (C=O) groups is 1. The first-order valence-electron chi connectivity index (χ1n) is 10.1. The largest absolute Gasteiger partial charge is 0.289 e. The molecule has 0 saturated carbocycles. The molecule has 1 heterocycles. The average molecular weight is 409 g/mol. The van der Waals surface area contributed by atoms with Crippen LogP contribution in [0.2, 0.25) is 0 Å². The van der Waals surface area contributed by atoms with Crippen LogP contribution in [-0.2, 0) is 0 Å². The molecular formula is C26H24N4O. The van der Waals surface area contributed by atoms with Crippen LogP contribution in [0.25, 0.3) is 22.4 Å². The summed E-state index contributed by atoms with van der Waals surface area (Å²) >= 11 is 0. The van der Waals surface area contributed by atoms with Crippen molar-refractivity contribution in [2.45, 2.75) is 20.8 Å². The summed E-state index contributed by atoms with van der Waals surface area (Å²) in [4.78, 5) is 12.5. The molecule has 3 aromatic carbocycles. The minimum absolute atomic E-state index is 0.331. The summed E-state index contributed by atoms with van der Waals surface area (Å²) < 4.78 is 0. The lowest BCUT2D eigenvalue weighted by molar-refractivity contribution is 0.0950. The van der Waals surface area contributed by atoms with Gasteiger partial charge in [0.05, 0.1) is 11.4 Å². The van der Waals surface area contributed by atoms with Crippen LogP contribution in [0.4, 0.5) is 0 Å². The third kappa shape index (κ3) is 4.61. The van der Waals surface area contributed by atoms with Crippen molar-refractivity contribution in [1.29, 1.82) is 0 Å². The number of rotatable bonds is 5. The van der Waals surface area contributed by atoms with Crippen molar-refractivity contribution in [2.75, 3.05) is 0 Å². The highest BCUT2D eigenvalue weighted by atomic mass is 16.2. The van der Waals surface area contributed by atoms with Gasteiger partial charge >= 0.3 is 0 Å². The van der Waals surface area contributed by atoms with E-state index in [4.69, 9.17) is 0 Å². The molecule has 0 saturated heterocycles. The van der Waals surface area contributed by atoms with Crippen molar-refractivity contribution in [3.63, 3.8) is 0 Å². The molecule has 0 bridgehead atoms. The number of hydrogen-bond donors (Lipinski definition) is 2. The molecule has 4 aromatic rings. The van der Waals surface area contributed by atoms with Gasteiger partial charge in [-0.1, -0.05) is 66.7 Å². The van der Waals surface area contributed by atoms with Gasteiger partial charge in [0.25, 0.3) is 5.91 Å². The number of hydrogen-bond acceptors (Lipinski definition) is 3. The highest BCUT2D eigenvalue weighted by molar-refractivity contribution is 6.01. The Labute approximate surface area is 181 Å². The van der Waals surface area contributed by atoms with Crippen LogP contribution in [0.15, 0.2) is 84.0 Å². The number of H-pyrrole nitrogens is 1.